The summed E-state index contributed by atoms with van der Waals surface area (Å²) in [7, 11) is 2.00. The first-order valence-corrected chi connectivity index (χ1v) is 8.82. The molecule has 0 aliphatic carbocycles. The summed E-state index contributed by atoms with van der Waals surface area (Å²) in [6.45, 7) is 17.2. The zero-order chi connectivity index (χ0) is 17.2. The van der Waals surface area contributed by atoms with E-state index in [0.717, 1.165) is 26.2 Å². The number of rotatable bonds is 6. The van der Waals surface area contributed by atoms with Gasteiger partial charge in [0.2, 0.25) is 0 Å². The molecular formula is C18H34N4O. The van der Waals surface area contributed by atoms with Crippen molar-refractivity contribution in [2.24, 2.45) is 7.05 Å². The van der Waals surface area contributed by atoms with Gasteiger partial charge in [-0.05, 0) is 33.6 Å². The van der Waals surface area contributed by atoms with Gasteiger partial charge in [0.15, 0.2) is 0 Å². The molecule has 1 aromatic rings. The van der Waals surface area contributed by atoms with Gasteiger partial charge in [0.25, 0.3) is 0 Å². The smallest absolute Gasteiger partial charge is 0.0694 e. The molecule has 0 amide bonds. The van der Waals surface area contributed by atoms with Crippen LogP contribution in [0.25, 0.3) is 0 Å². The van der Waals surface area contributed by atoms with Crippen molar-refractivity contribution in [1.82, 2.24) is 20.0 Å². The maximum absolute atomic E-state index is 5.86. The molecule has 5 nitrogen and oxygen atoms in total. The molecule has 1 aliphatic heterocycles. The van der Waals surface area contributed by atoms with Gasteiger partial charge in [-0.2, -0.15) is 5.10 Å². The summed E-state index contributed by atoms with van der Waals surface area (Å²) in [5.74, 6) is 0.460. The number of aryl methyl sites for hydroxylation is 1. The van der Waals surface area contributed by atoms with E-state index in [1.165, 1.54) is 11.3 Å². The highest BCUT2D eigenvalue weighted by molar-refractivity contribution is 5.20. The van der Waals surface area contributed by atoms with Crippen LogP contribution in [0.15, 0.2) is 6.20 Å². The van der Waals surface area contributed by atoms with E-state index in [9.17, 15) is 0 Å². The zero-order valence-corrected chi connectivity index (χ0v) is 15.9. The summed E-state index contributed by atoms with van der Waals surface area (Å²) in [6, 6.07) is 0. The fraction of sp³-hybridized carbons (Fsp3) is 0.833. The molecule has 0 bridgehead atoms. The number of ether oxygens (including phenoxy) is 1. The van der Waals surface area contributed by atoms with Gasteiger partial charge in [-0.3, -0.25) is 9.58 Å². The Morgan fingerprint density at radius 3 is 2.48 bits per heavy atom. The van der Waals surface area contributed by atoms with Gasteiger partial charge in [-0.25, -0.2) is 0 Å². The molecular weight excluding hydrogens is 288 g/mol. The third-order valence-corrected chi connectivity index (χ3v) is 4.63. The van der Waals surface area contributed by atoms with Crippen LogP contribution in [0.5, 0.6) is 0 Å². The Morgan fingerprint density at radius 2 is 1.91 bits per heavy atom. The molecule has 132 valence electrons. The van der Waals surface area contributed by atoms with Crippen molar-refractivity contribution in [3.05, 3.63) is 17.5 Å². The minimum atomic E-state index is 0.118. The Morgan fingerprint density at radius 1 is 1.30 bits per heavy atom. The molecule has 1 aromatic heterocycles. The van der Waals surface area contributed by atoms with E-state index in [4.69, 9.17) is 4.74 Å². The van der Waals surface area contributed by atoms with Crippen LogP contribution in [0, 0.1) is 0 Å². The molecule has 1 saturated heterocycles. The summed E-state index contributed by atoms with van der Waals surface area (Å²) in [5.41, 5.74) is 2.63. The minimum Gasteiger partial charge on any atom is -0.373 e. The molecule has 5 heteroatoms. The van der Waals surface area contributed by atoms with E-state index in [0.29, 0.717) is 18.1 Å². The van der Waals surface area contributed by atoms with Crippen LogP contribution in [0.3, 0.4) is 0 Å². The number of nitrogens with one attached hydrogen (secondary N) is 1. The summed E-state index contributed by atoms with van der Waals surface area (Å²) in [6.07, 6.45) is 2.75. The first kappa shape index (κ1) is 18.4. The van der Waals surface area contributed by atoms with Gasteiger partial charge in [0, 0.05) is 50.5 Å². The predicted octanol–water partition coefficient (Wildman–Crippen LogP) is 2.52. The van der Waals surface area contributed by atoms with Crippen LogP contribution in [-0.4, -0.2) is 52.1 Å². The molecule has 1 N–H and O–H groups in total. The van der Waals surface area contributed by atoms with Crippen LogP contribution in [0.2, 0.25) is 0 Å². The van der Waals surface area contributed by atoms with E-state index in [1.54, 1.807) is 0 Å². The SMILES string of the molecule is CC1CN(C(C)(C)CNCc2cn(C)nc2C(C)C)CC(C)O1. The van der Waals surface area contributed by atoms with Crippen LogP contribution < -0.4 is 5.32 Å². The molecule has 2 atom stereocenters. The molecule has 0 aromatic carbocycles. The molecule has 1 aliphatic rings. The van der Waals surface area contributed by atoms with Crippen LogP contribution in [0.4, 0.5) is 0 Å². The first-order valence-electron chi connectivity index (χ1n) is 8.82. The number of aromatic nitrogens is 2. The average Bonchev–Trinajstić information content (AvgIpc) is 2.79. The summed E-state index contributed by atoms with van der Waals surface area (Å²) in [4.78, 5) is 2.55. The predicted molar refractivity (Wildman–Crippen MR) is 94.7 cm³/mol. The van der Waals surface area contributed by atoms with E-state index < -0.39 is 0 Å². The molecule has 1 fully saturated rings. The lowest BCUT2D eigenvalue weighted by atomic mass is 9.99. The Hall–Kier alpha value is -0.910. The van der Waals surface area contributed by atoms with Crippen LogP contribution in [-0.2, 0) is 18.3 Å². The lowest BCUT2D eigenvalue weighted by Crippen LogP contribution is -2.58. The molecule has 0 radical (unpaired) electrons. The summed E-state index contributed by atoms with van der Waals surface area (Å²) >= 11 is 0. The van der Waals surface area contributed by atoms with Gasteiger partial charge in [0.05, 0.1) is 17.9 Å². The van der Waals surface area contributed by atoms with Gasteiger partial charge >= 0.3 is 0 Å². The second-order valence-electron chi connectivity index (χ2n) is 7.95. The number of hydrogen-bond donors (Lipinski definition) is 1. The molecule has 2 heterocycles. The second-order valence-corrected chi connectivity index (χ2v) is 7.95. The standard InChI is InChI=1S/C18H34N4O/c1-13(2)17-16(11-21(7)20-17)8-19-12-18(5,6)22-9-14(3)23-15(4)10-22/h11,13-15,19H,8-10,12H2,1-7H3. The number of nitrogens with zero attached hydrogens (tertiary/aromatic N) is 3. The molecule has 2 unspecified atom stereocenters. The third-order valence-electron chi connectivity index (χ3n) is 4.63. The Labute approximate surface area is 141 Å². The largest absolute Gasteiger partial charge is 0.373 e. The van der Waals surface area contributed by atoms with Crippen molar-refractivity contribution in [2.75, 3.05) is 19.6 Å². The monoisotopic (exact) mass is 322 g/mol. The molecule has 0 spiro atoms. The second kappa shape index (κ2) is 7.32. The number of morpholine rings is 1. The van der Waals surface area contributed by atoms with E-state index in [2.05, 4.69) is 63.1 Å². The summed E-state index contributed by atoms with van der Waals surface area (Å²) < 4.78 is 7.78. The first-order chi connectivity index (χ1) is 10.7. The Kier molecular flexibility index (Phi) is 5.87. The van der Waals surface area contributed by atoms with Gasteiger partial charge in [-0.1, -0.05) is 13.8 Å². The van der Waals surface area contributed by atoms with Crippen molar-refractivity contribution >= 4 is 0 Å². The normalized spacial score (nSPS) is 23.7. The van der Waals surface area contributed by atoms with Crippen molar-refractivity contribution < 1.29 is 4.74 Å². The molecule has 0 saturated carbocycles. The lowest BCUT2D eigenvalue weighted by molar-refractivity contribution is -0.0952. The Balaban J connectivity index is 1.92. The highest BCUT2D eigenvalue weighted by Crippen LogP contribution is 2.21. The molecule has 23 heavy (non-hydrogen) atoms. The van der Waals surface area contributed by atoms with Gasteiger partial charge in [-0.15, -0.1) is 0 Å². The van der Waals surface area contributed by atoms with Crippen molar-refractivity contribution in [2.45, 2.75) is 71.8 Å². The highest BCUT2D eigenvalue weighted by Gasteiger charge is 2.32. The van der Waals surface area contributed by atoms with Crippen molar-refractivity contribution in [3.8, 4) is 0 Å². The summed E-state index contributed by atoms with van der Waals surface area (Å²) in [5, 5.41) is 8.23. The van der Waals surface area contributed by atoms with Crippen molar-refractivity contribution in [1.29, 1.82) is 0 Å². The fourth-order valence-electron chi connectivity index (χ4n) is 3.46. The topological polar surface area (TPSA) is 42.3 Å². The minimum absolute atomic E-state index is 0.118. The fourth-order valence-corrected chi connectivity index (χ4v) is 3.46. The van der Waals surface area contributed by atoms with Gasteiger partial charge in [0.1, 0.15) is 0 Å². The quantitative estimate of drug-likeness (QED) is 0.874. The lowest BCUT2D eigenvalue weighted by Gasteiger charge is -2.45. The van der Waals surface area contributed by atoms with Gasteiger partial charge < -0.3 is 10.1 Å². The zero-order valence-electron chi connectivity index (χ0n) is 15.9. The van der Waals surface area contributed by atoms with Crippen molar-refractivity contribution in [3.63, 3.8) is 0 Å². The Bertz CT molecular complexity index is 499. The number of hydrogen-bond acceptors (Lipinski definition) is 4. The average molecular weight is 322 g/mol. The maximum atomic E-state index is 5.86. The highest BCUT2D eigenvalue weighted by atomic mass is 16.5. The van der Waals surface area contributed by atoms with Crippen LogP contribution in [0.1, 0.15) is 58.7 Å². The third kappa shape index (κ3) is 4.78. The maximum Gasteiger partial charge on any atom is 0.0694 e. The molecule has 2 rings (SSSR count). The van der Waals surface area contributed by atoms with E-state index in [1.807, 2.05) is 11.7 Å². The van der Waals surface area contributed by atoms with E-state index in [-0.39, 0.29) is 5.54 Å². The van der Waals surface area contributed by atoms with Crippen LogP contribution >= 0.6 is 0 Å². The van der Waals surface area contributed by atoms with E-state index >= 15 is 0 Å².